The minimum Gasteiger partial charge on any atom is -0.455 e. The third-order valence-electron chi connectivity index (χ3n) is 13.9. The molecule has 0 spiro atoms. The first kappa shape index (κ1) is 38.2. The highest BCUT2D eigenvalue weighted by Gasteiger charge is 2.21. The minimum atomic E-state index is 0.858. The monoisotopic (exact) mass is 867 g/mol. The van der Waals surface area contributed by atoms with Crippen LogP contribution in [-0.2, 0) is 0 Å². The molecule has 0 aliphatic carbocycles. The Bertz CT molecular complexity index is 4200. The van der Waals surface area contributed by atoms with Gasteiger partial charge in [0.2, 0.25) is 0 Å². The van der Waals surface area contributed by atoms with E-state index in [-0.39, 0.29) is 0 Å². The summed E-state index contributed by atoms with van der Waals surface area (Å²) in [7, 11) is 0. The molecule has 0 bridgehead atoms. The van der Waals surface area contributed by atoms with Crippen molar-refractivity contribution in [3.63, 3.8) is 0 Å². The summed E-state index contributed by atoms with van der Waals surface area (Å²) in [6, 6.07) is 89.9. The van der Waals surface area contributed by atoms with E-state index in [1.54, 1.807) is 0 Å². The minimum absolute atomic E-state index is 0.858. The van der Waals surface area contributed by atoms with Gasteiger partial charge in [0.1, 0.15) is 11.2 Å². The number of hydrogen-bond donors (Lipinski definition) is 0. The number of furan rings is 1. The van der Waals surface area contributed by atoms with E-state index in [1.807, 2.05) is 0 Å². The molecule has 0 aliphatic rings. The number of benzene rings is 11. The molecule has 14 aromatic rings. The maximum atomic E-state index is 6.74. The van der Waals surface area contributed by atoms with Gasteiger partial charge < -0.3 is 18.5 Å². The van der Waals surface area contributed by atoms with E-state index in [9.17, 15) is 0 Å². The summed E-state index contributed by atoms with van der Waals surface area (Å²) in [4.78, 5) is 2.38. The second kappa shape index (κ2) is 15.2. The van der Waals surface area contributed by atoms with Gasteiger partial charge in [-0.3, -0.25) is 0 Å². The summed E-state index contributed by atoms with van der Waals surface area (Å²) in [6.07, 6.45) is 0. The van der Waals surface area contributed by atoms with Crippen molar-refractivity contribution in [1.29, 1.82) is 0 Å². The fourth-order valence-electron chi connectivity index (χ4n) is 10.8. The van der Waals surface area contributed by atoms with Gasteiger partial charge in [-0.25, -0.2) is 0 Å². The topological polar surface area (TPSA) is 26.2 Å². The second-order valence-electron chi connectivity index (χ2n) is 17.7. The lowest BCUT2D eigenvalue weighted by molar-refractivity contribution is 0.672. The summed E-state index contributed by atoms with van der Waals surface area (Å²) in [5.74, 6) is 0. The molecule has 0 atom stereocenters. The first-order chi connectivity index (χ1) is 33.7. The highest BCUT2D eigenvalue weighted by Crippen LogP contribution is 2.45. The largest absolute Gasteiger partial charge is 0.455 e. The zero-order valence-electron chi connectivity index (χ0n) is 36.9. The van der Waals surface area contributed by atoms with Gasteiger partial charge in [0.05, 0.1) is 33.1 Å². The molecule has 318 valence electrons. The van der Waals surface area contributed by atoms with E-state index in [1.165, 1.54) is 49.2 Å². The summed E-state index contributed by atoms with van der Waals surface area (Å²) in [5, 5.41) is 9.44. The van der Waals surface area contributed by atoms with Crippen LogP contribution in [0.15, 0.2) is 253 Å². The van der Waals surface area contributed by atoms with Gasteiger partial charge >= 0.3 is 0 Å². The Morgan fingerprint density at radius 2 is 0.824 bits per heavy atom. The number of rotatable bonds is 7. The smallest absolute Gasteiger partial charge is 0.143 e. The predicted octanol–water partition coefficient (Wildman–Crippen LogP) is 17.7. The van der Waals surface area contributed by atoms with Crippen LogP contribution in [-0.4, -0.2) is 9.13 Å². The van der Waals surface area contributed by atoms with Gasteiger partial charge in [-0.05, 0) is 125 Å². The average Bonchev–Trinajstić information content (AvgIpc) is 4.08. The second-order valence-corrected chi connectivity index (χ2v) is 17.7. The average molecular weight is 868 g/mol. The molecule has 0 N–H and O–H groups in total. The standard InChI is InChI=1S/C64H41N3O/c1-2-16-47(17-3-1)66-59-25-11-8-22-54(59)56-41-46(33-39-60(56)66)43-30-36-49(37-31-43)65(61-26-13-27-62-63(61)55-38-32-44-14-4-5-19-51(44)64(55)68-62)48-34-28-42(29-35-48)45-15-12-18-50(40-45)67-57-23-9-6-20-52(57)53-21-7-10-24-58(53)67/h1-41H. The number of anilines is 3. The van der Waals surface area contributed by atoms with Crippen LogP contribution in [0.5, 0.6) is 0 Å². The summed E-state index contributed by atoms with van der Waals surface area (Å²) in [6.45, 7) is 0. The number of hydrogen-bond acceptors (Lipinski definition) is 2. The van der Waals surface area contributed by atoms with Gasteiger partial charge in [-0.15, -0.1) is 0 Å². The molecular weight excluding hydrogens is 827 g/mol. The zero-order valence-corrected chi connectivity index (χ0v) is 36.9. The van der Waals surface area contributed by atoms with Crippen molar-refractivity contribution in [3.05, 3.63) is 249 Å². The Morgan fingerprint density at radius 3 is 1.50 bits per heavy atom. The molecule has 0 radical (unpaired) electrons. The van der Waals surface area contributed by atoms with Crippen LogP contribution in [0.3, 0.4) is 0 Å². The quantitative estimate of drug-likeness (QED) is 0.160. The molecule has 0 saturated heterocycles. The lowest BCUT2D eigenvalue weighted by Gasteiger charge is -2.26. The molecule has 4 heteroatoms. The van der Waals surface area contributed by atoms with Gasteiger partial charge in [-0.2, -0.15) is 0 Å². The van der Waals surface area contributed by atoms with Crippen molar-refractivity contribution in [3.8, 4) is 33.6 Å². The van der Waals surface area contributed by atoms with E-state index in [0.717, 1.165) is 77.8 Å². The van der Waals surface area contributed by atoms with Crippen LogP contribution in [0.1, 0.15) is 0 Å². The van der Waals surface area contributed by atoms with Crippen molar-refractivity contribution >= 4 is 93.4 Å². The first-order valence-corrected chi connectivity index (χ1v) is 23.2. The van der Waals surface area contributed by atoms with Crippen LogP contribution < -0.4 is 4.90 Å². The molecule has 0 fully saturated rings. The van der Waals surface area contributed by atoms with Crippen LogP contribution >= 0.6 is 0 Å². The first-order valence-electron chi connectivity index (χ1n) is 23.2. The lowest BCUT2D eigenvalue weighted by atomic mass is 10.0. The molecule has 0 unspecified atom stereocenters. The number of para-hydroxylation sites is 4. The normalized spacial score (nSPS) is 11.8. The fourth-order valence-corrected chi connectivity index (χ4v) is 10.8. The van der Waals surface area contributed by atoms with Gasteiger partial charge in [0.15, 0.2) is 0 Å². The van der Waals surface area contributed by atoms with Gasteiger partial charge in [0.25, 0.3) is 0 Å². The molecule has 0 amide bonds. The van der Waals surface area contributed by atoms with Crippen LogP contribution in [0.25, 0.3) is 110 Å². The molecule has 0 saturated carbocycles. The van der Waals surface area contributed by atoms with E-state index in [2.05, 4.69) is 263 Å². The van der Waals surface area contributed by atoms with E-state index in [4.69, 9.17) is 4.42 Å². The highest BCUT2D eigenvalue weighted by atomic mass is 16.3. The SMILES string of the molecule is c1ccc(-n2c3ccccc3c3cc(-c4ccc(N(c5ccc(-c6cccc(-n7c8ccccc8c8ccccc87)c6)cc5)c5cccc6oc7c8ccccc8ccc7c56)cc4)ccc32)cc1. The molecule has 4 nitrogen and oxygen atoms in total. The number of nitrogens with zero attached hydrogens (tertiary/aromatic N) is 3. The van der Waals surface area contributed by atoms with Gasteiger partial charge in [0, 0.05) is 55.1 Å². The zero-order chi connectivity index (χ0) is 44.7. The van der Waals surface area contributed by atoms with E-state index >= 15 is 0 Å². The molecule has 3 heterocycles. The molecular formula is C64H41N3O. The highest BCUT2D eigenvalue weighted by molar-refractivity contribution is 6.20. The molecule has 68 heavy (non-hydrogen) atoms. The van der Waals surface area contributed by atoms with Crippen molar-refractivity contribution in [2.45, 2.75) is 0 Å². The Kier molecular flexibility index (Phi) is 8.55. The van der Waals surface area contributed by atoms with E-state index in [0.29, 0.717) is 0 Å². The third-order valence-corrected chi connectivity index (χ3v) is 13.9. The Hall–Kier alpha value is -9.12. The maximum absolute atomic E-state index is 6.74. The molecule has 14 rings (SSSR count). The summed E-state index contributed by atoms with van der Waals surface area (Å²) >= 11 is 0. The Labute approximate surface area is 392 Å². The van der Waals surface area contributed by atoms with Crippen LogP contribution in [0, 0.1) is 0 Å². The number of aromatic nitrogens is 2. The molecule has 11 aromatic carbocycles. The maximum Gasteiger partial charge on any atom is 0.143 e. The number of fused-ring (bicyclic) bond motifs is 11. The lowest BCUT2D eigenvalue weighted by Crippen LogP contribution is -2.10. The predicted molar refractivity (Wildman–Crippen MR) is 285 cm³/mol. The Morgan fingerprint density at radius 1 is 0.309 bits per heavy atom. The fraction of sp³-hybridized carbons (Fsp3) is 0. The van der Waals surface area contributed by atoms with Crippen molar-refractivity contribution < 1.29 is 4.42 Å². The van der Waals surface area contributed by atoms with Crippen LogP contribution in [0.4, 0.5) is 17.1 Å². The van der Waals surface area contributed by atoms with Crippen molar-refractivity contribution in [2.24, 2.45) is 0 Å². The van der Waals surface area contributed by atoms with Crippen molar-refractivity contribution in [1.82, 2.24) is 9.13 Å². The molecule has 3 aromatic heterocycles. The van der Waals surface area contributed by atoms with E-state index < -0.39 is 0 Å². The van der Waals surface area contributed by atoms with Crippen LogP contribution in [0.2, 0.25) is 0 Å². The Balaban J connectivity index is 0.892. The summed E-state index contributed by atoms with van der Waals surface area (Å²) in [5.41, 5.74) is 16.7. The van der Waals surface area contributed by atoms with Crippen molar-refractivity contribution in [2.75, 3.05) is 4.90 Å². The third kappa shape index (κ3) is 5.94. The van der Waals surface area contributed by atoms with Gasteiger partial charge in [-0.1, -0.05) is 152 Å². The summed E-state index contributed by atoms with van der Waals surface area (Å²) < 4.78 is 11.5. The molecule has 0 aliphatic heterocycles.